The van der Waals surface area contributed by atoms with E-state index in [0.717, 1.165) is 87.3 Å². The summed E-state index contributed by atoms with van der Waals surface area (Å²) in [6, 6.07) is 30.0. The standard InChI is InChI=1S/C41H42N4O4S/c1-28-20-29(2)22-31(21-28)24-35(46)25-33(23-30-6-4-3-5-7-30)40(47)42-34-10-8-32(9-11-34)37-27-45-38-13-12-36(26-39(38)50-41(45)43-37)49-19-16-44-14-17-48-18-15-44/h3-13,20-22,26-27,33H,14-19,23-25H2,1-2H3,(H,42,47)/t33-/m1/s1. The van der Waals surface area contributed by atoms with Gasteiger partial charge in [-0.05, 0) is 61.7 Å². The predicted octanol–water partition coefficient (Wildman–Crippen LogP) is 7.54. The van der Waals surface area contributed by atoms with Crippen LogP contribution in [-0.2, 0) is 27.2 Å². The van der Waals surface area contributed by atoms with Crippen LogP contribution in [0.3, 0.4) is 0 Å². The van der Waals surface area contributed by atoms with Gasteiger partial charge < -0.3 is 14.8 Å². The zero-order valence-electron chi connectivity index (χ0n) is 28.6. The average molecular weight is 687 g/mol. The minimum absolute atomic E-state index is 0.0567. The lowest BCUT2D eigenvalue weighted by atomic mass is 9.91. The van der Waals surface area contributed by atoms with Crippen molar-refractivity contribution in [3.63, 3.8) is 0 Å². The fourth-order valence-electron chi connectivity index (χ4n) is 6.70. The van der Waals surface area contributed by atoms with Crippen LogP contribution < -0.4 is 10.1 Å². The van der Waals surface area contributed by atoms with Gasteiger partial charge in [0.25, 0.3) is 0 Å². The summed E-state index contributed by atoms with van der Waals surface area (Å²) in [6.45, 7) is 9.10. The Morgan fingerprint density at radius 1 is 0.920 bits per heavy atom. The highest BCUT2D eigenvalue weighted by atomic mass is 32.1. The number of carbonyl (C=O) groups is 2. The zero-order valence-corrected chi connectivity index (χ0v) is 29.4. The van der Waals surface area contributed by atoms with Gasteiger partial charge in [0, 0.05) is 55.8 Å². The number of nitrogens with one attached hydrogen (secondary N) is 1. The Morgan fingerprint density at radius 3 is 2.44 bits per heavy atom. The van der Waals surface area contributed by atoms with Gasteiger partial charge in [-0.15, -0.1) is 0 Å². The number of morpholine rings is 1. The lowest BCUT2D eigenvalue weighted by Gasteiger charge is -2.26. The zero-order chi connectivity index (χ0) is 34.5. The van der Waals surface area contributed by atoms with Crippen LogP contribution in [0.4, 0.5) is 5.69 Å². The molecular formula is C41H42N4O4S. The van der Waals surface area contributed by atoms with Crippen LogP contribution in [-0.4, -0.2) is 65.4 Å². The summed E-state index contributed by atoms with van der Waals surface area (Å²) >= 11 is 1.64. The predicted molar refractivity (Wildman–Crippen MR) is 200 cm³/mol. The lowest BCUT2D eigenvalue weighted by molar-refractivity contribution is -0.125. The van der Waals surface area contributed by atoms with E-state index in [9.17, 15) is 9.59 Å². The first-order valence-corrected chi connectivity index (χ1v) is 18.1. The highest BCUT2D eigenvalue weighted by Gasteiger charge is 2.23. The molecule has 1 saturated heterocycles. The van der Waals surface area contributed by atoms with Crippen molar-refractivity contribution in [2.75, 3.05) is 44.8 Å². The quantitative estimate of drug-likeness (QED) is 0.135. The fraction of sp³-hybridized carbons (Fsp3) is 0.293. The largest absolute Gasteiger partial charge is 0.492 e. The molecule has 1 aliphatic heterocycles. The molecule has 0 unspecified atom stereocenters. The summed E-state index contributed by atoms with van der Waals surface area (Å²) in [5.74, 6) is 0.277. The Hall–Kier alpha value is -4.83. The van der Waals surface area contributed by atoms with Crippen molar-refractivity contribution < 1.29 is 19.1 Å². The second-order valence-electron chi connectivity index (χ2n) is 13.2. The van der Waals surface area contributed by atoms with Gasteiger partial charge in [0.15, 0.2) is 4.96 Å². The third kappa shape index (κ3) is 8.30. The molecule has 50 heavy (non-hydrogen) atoms. The Morgan fingerprint density at radius 2 is 1.68 bits per heavy atom. The number of imidazole rings is 1. The minimum atomic E-state index is -0.487. The van der Waals surface area contributed by atoms with Crippen molar-refractivity contribution in [2.24, 2.45) is 5.92 Å². The van der Waals surface area contributed by atoms with E-state index in [4.69, 9.17) is 14.5 Å². The summed E-state index contributed by atoms with van der Waals surface area (Å²) in [7, 11) is 0. The van der Waals surface area contributed by atoms with Gasteiger partial charge in [-0.25, -0.2) is 4.98 Å². The molecular weight excluding hydrogens is 645 g/mol. The van der Waals surface area contributed by atoms with E-state index in [1.54, 1.807) is 11.3 Å². The Balaban J connectivity index is 1.00. The molecule has 0 aliphatic carbocycles. The molecule has 1 N–H and O–H groups in total. The number of benzene rings is 4. The lowest BCUT2D eigenvalue weighted by Crippen LogP contribution is -2.38. The maximum absolute atomic E-state index is 13.6. The molecule has 8 nitrogen and oxygen atoms in total. The van der Waals surface area contributed by atoms with E-state index in [1.165, 1.54) is 0 Å². The minimum Gasteiger partial charge on any atom is -0.492 e. The Labute approximate surface area is 296 Å². The van der Waals surface area contributed by atoms with Crippen molar-refractivity contribution >= 4 is 43.9 Å². The van der Waals surface area contributed by atoms with Crippen LogP contribution in [0.2, 0.25) is 0 Å². The molecule has 0 bridgehead atoms. The molecule has 6 aromatic rings. The molecule has 2 aromatic heterocycles. The maximum atomic E-state index is 13.6. The number of aryl methyl sites for hydroxylation is 2. The number of Topliss-reactive ketones (excluding diaryl/α,β-unsaturated/α-hetero) is 1. The van der Waals surface area contributed by atoms with Gasteiger partial charge in [0.2, 0.25) is 5.91 Å². The number of rotatable bonds is 13. The number of amides is 1. The van der Waals surface area contributed by atoms with Crippen LogP contribution in [0, 0.1) is 19.8 Å². The van der Waals surface area contributed by atoms with E-state index >= 15 is 0 Å². The van der Waals surface area contributed by atoms with Crippen LogP contribution in [0.1, 0.15) is 28.7 Å². The molecule has 1 aliphatic rings. The molecule has 7 rings (SSSR count). The van der Waals surface area contributed by atoms with Gasteiger partial charge >= 0.3 is 0 Å². The van der Waals surface area contributed by atoms with Crippen molar-refractivity contribution in [2.45, 2.75) is 33.1 Å². The van der Waals surface area contributed by atoms with E-state index in [1.807, 2.05) is 86.6 Å². The molecule has 1 amide bonds. The number of aromatic nitrogens is 2. The first kappa shape index (κ1) is 33.7. The molecule has 256 valence electrons. The number of ketones is 1. The van der Waals surface area contributed by atoms with Gasteiger partial charge in [-0.2, -0.15) is 0 Å². The van der Waals surface area contributed by atoms with E-state index in [2.05, 4.69) is 39.0 Å². The number of carbonyl (C=O) groups excluding carboxylic acids is 2. The second kappa shape index (κ2) is 15.4. The molecule has 1 fully saturated rings. The number of hydrogen-bond donors (Lipinski definition) is 1. The number of anilines is 1. The number of nitrogens with zero attached hydrogens (tertiary/aromatic N) is 3. The summed E-state index contributed by atoms with van der Waals surface area (Å²) in [4.78, 5) is 35.1. The topological polar surface area (TPSA) is 85.2 Å². The van der Waals surface area contributed by atoms with E-state index in [-0.39, 0.29) is 18.1 Å². The molecule has 0 radical (unpaired) electrons. The summed E-state index contributed by atoms with van der Waals surface area (Å²) in [6.07, 6.45) is 3.04. The molecule has 4 aromatic carbocycles. The average Bonchev–Trinajstić information content (AvgIpc) is 3.67. The molecule has 9 heteroatoms. The van der Waals surface area contributed by atoms with E-state index < -0.39 is 5.92 Å². The van der Waals surface area contributed by atoms with Crippen molar-refractivity contribution in [3.05, 3.63) is 119 Å². The smallest absolute Gasteiger partial charge is 0.228 e. The number of hydrogen-bond acceptors (Lipinski definition) is 7. The number of ether oxygens (including phenoxy) is 2. The van der Waals surface area contributed by atoms with Crippen LogP contribution in [0.5, 0.6) is 5.75 Å². The van der Waals surface area contributed by atoms with Crippen LogP contribution >= 0.6 is 11.3 Å². The Bertz CT molecular complexity index is 2080. The normalized spacial score (nSPS) is 14.2. The number of fused-ring (bicyclic) bond motifs is 3. The molecule has 0 saturated carbocycles. The van der Waals surface area contributed by atoms with Crippen LogP contribution in [0.15, 0.2) is 97.2 Å². The second-order valence-corrected chi connectivity index (χ2v) is 14.2. The van der Waals surface area contributed by atoms with Crippen molar-refractivity contribution in [1.82, 2.24) is 14.3 Å². The number of thiazole rings is 1. The Kier molecular flexibility index (Phi) is 10.3. The molecule has 0 spiro atoms. The van der Waals surface area contributed by atoms with Crippen molar-refractivity contribution in [3.8, 4) is 17.0 Å². The van der Waals surface area contributed by atoms with Gasteiger partial charge in [-0.3, -0.25) is 18.9 Å². The third-order valence-electron chi connectivity index (χ3n) is 9.15. The first-order valence-electron chi connectivity index (χ1n) is 17.2. The van der Waals surface area contributed by atoms with E-state index in [0.29, 0.717) is 25.1 Å². The van der Waals surface area contributed by atoms with Gasteiger partial charge in [0.05, 0.1) is 29.1 Å². The monoisotopic (exact) mass is 686 g/mol. The third-order valence-corrected chi connectivity index (χ3v) is 10.2. The maximum Gasteiger partial charge on any atom is 0.228 e. The highest BCUT2D eigenvalue weighted by Crippen LogP contribution is 2.32. The molecule has 1 atom stereocenters. The fourth-order valence-corrected chi connectivity index (χ4v) is 7.73. The van der Waals surface area contributed by atoms with Crippen molar-refractivity contribution in [1.29, 1.82) is 0 Å². The van der Waals surface area contributed by atoms with Crippen LogP contribution in [0.25, 0.3) is 26.4 Å². The summed E-state index contributed by atoms with van der Waals surface area (Å²) in [5.41, 5.74) is 7.88. The first-order chi connectivity index (χ1) is 24.4. The van der Waals surface area contributed by atoms with Gasteiger partial charge in [0.1, 0.15) is 18.1 Å². The summed E-state index contributed by atoms with van der Waals surface area (Å²) in [5, 5.41) is 3.08. The highest BCUT2D eigenvalue weighted by molar-refractivity contribution is 7.23. The van der Waals surface area contributed by atoms with Gasteiger partial charge in [-0.1, -0.05) is 83.1 Å². The SMILES string of the molecule is Cc1cc(C)cc(CC(=O)C[C@@H](Cc2ccccc2)C(=O)Nc2ccc(-c3cn4c(n3)sc3cc(OCCN5CCOCC5)ccc34)cc2)c1. The molecule has 3 heterocycles. The summed E-state index contributed by atoms with van der Waals surface area (Å²) < 4.78 is 14.7.